The molecular formula is C33H41F3N4O5S. The molecule has 1 N–H and O–H groups in total. The van der Waals surface area contributed by atoms with Crippen molar-refractivity contribution in [1.29, 1.82) is 0 Å². The molecule has 1 fully saturated rings. The van der Waals surface area contributed by atoms with Crippen molar-refractivity contribution in [2.45, 2.75) is 57.7 Å². The van der Waals surface area contributed by atoms with Gasteiger partial charge in [0, 0.05) is 37.0 Å². The summed E-state index contributed by atoms with van der Waals surface area (Å²) in [5.41, 5.74) is 0.896. The van der Waals surface area contributed by atoms with Crippen molar-refractivity contribution in [3.63, 3.8) is 0 Å². The predicted molar refractivity (Wildman–Crippen MR) is 171 cm³/mol. The number of nitrogens with one attached hydrogen (secondary N) is 1. The molecule has 2 aromatic rings. The Morgan fingerprint density at radius 2 is 1.93 bits per heavy atom. The summed E-state index contributed by atoms with van der Waals surface area (Å²) in [5.74, 6) is -0.131. The van der Waals surface area contributed by atoms with Gasteiger partial charge in [-0.25, -0.2) is 8.51 Å². The van der Waals surface area contributed by atoms with Crippen LogP contribution in [0.5, 0.6) is 5.75 Å². The number of benzene rings is 2. The SMILES string of the molecule is C=COCCN(C)C(=O)c1ccc(CCS(=O)N2CCC3(CC2)N=C(c2ccc(C(F)(F)F)c(OCCCC)c2)NC3=O)c(C)c1. The van der Waals surface area contributed by atoms with E-state index < -0.39 is 28.3 Å². The van der Waals surface area contributed by atoms with Crippen LogP contribution < -0.4 is 10.1 Å². The number of hydrogen-bond donors (Lipinski definition) is 1. The average molecular weight is 663 g/mol. The van der Waals surface area contributed by atoms with Crippen molar-refractivity contribution in [3.8, 4) is 5.75 Å². The number of rotatable bonds is 14. The molecule has 1 spiro atoms. The van der Waals surface area contributed by atoms with Crippen molar-refractivity contribution in [2.75, 3.05) is 45.6 Å². The number of aryl methyl sites for hydroxylation is 2. The fourth-order valence-electron chi connectivity index (χ4n) is 5.43. The molecule has 0 radical (unpaired) electrons. The highest BCUT2D eigenvalue weighted by Gasteiger charge is 2.47. The first kappa shape index (κ1) is 35.1. The Hall–Kier alpha value is -3.71. The fourth-order valence-corrected chi connectivity index (χ4v) is 6.67. The minimum Gasteiger partial charge on any atom is -0.500 e. The van der Waals surface area contributed by atoms with E-state index in [2.05, 4.69) is 16.9 Å². The summed E-state index contributed by atoms with van der Waals surface area (Å²) in [5, 5.41) is 2.76. The number of carbonyl (C=O) groups is 2. The molecule has 2 heterocycles. The topological polar surface area (TPSA) is 101 Å². The second-order valence-electron chi connectivity index (χ2n) is 11.5. The highest BCUT2D eigenvalue weighted by atomic mass is 32.2. The van der Waals surface area contributed by atoms with Crippen LogP contribution in [0, 0.1) is 6.92 Å². The van der Waals surface area contributed by atoms with Gasteiger partial charge in [0.25, 0.3) is 11.8 Å². The summed E-state index contributed by atoms with van der Waals surface area (Å²) >= 11 is 0. The summed E-state index contributed by atoms with van der Waals surface area (Å²) < 4.78 is 66.3. The van der Waals surface area contributed by atoms with E-state index in [-0.39, 0.29) is 30.0 Å². The molecule has 0 aromatic heterocycles. The first-order valence-corrected chi connectivity index (χ1v) is 16.6. The molecule has 1 atom stereocenters. The standard InChI is InChI=1S/C33H41F3N4O5S/c1-5-7-18-45-28-22-25(10-11-27(28)33(34,35)36)29-37-31(42)32(38-29)13-15-40(16-14-32)46(43)20-12-24-8-9-26(21-23(24)3)30(41)39(4)17-19-44-6-2/h6,8-11,21-22H,2,5,7,12-20H2,1,3-4H3,(H,37,38,42). The monoisotopic (exact) mass is 662 g/mol. The van der Waals surface area contributed by atoms with Gasteiger partial charge < -0.3 is 19.7 Å². The highest BCUT2D eigenvalue weighted by Crippen LogP contribution is 2.38. The first-order valence-electron chi connectivity index (χ1n) is 15.3. The molecule has 1 saturated heterocycles. The molecule has 2 aliphatic heterocycles. The van der Waals surface area contributed by atoms with Gasteiger partial charge in [0.1, 0.15) is 23.7 Å². The van der Waals surface area contributed by atoms with Crippen molar-refractivity contribution in [1.82, 2.24) is 14.5 Å². The zero-order valence-electron chi connectivity index (χ0n) is 26.5. The zero-order chi connectivity index (χ0) is 33.5. The number of piperidine rings is 1. The van der Waals surface area contributed by atoms with Crippen LogP contribution >= 0.6 is 0 Å². The smallest absolute Gasteiger partial charge is 0.419 e. The molecule has 0 saturated carbocycles. The summed E-state index contributed by atoms with van der Waals surface area (Å²) in [6.45, 7) is 9.03. The summed E-state index contributed by atoms with van der Waals surface area (Å²) in [6.07, 6.45) is -0.648. The van der Waals surface area contributed by atoms with Crippen LogP contribution in [0.15, 0.2) is 54.2 Å². The second-order valence-corrected chi connectivity index (χ2v) is 13.0. The Bertz CT molecular complexity index is 1490. The van der Waals surface area contributed by atoms with Gasteiger partial charge in [-0.3, -0.25) is 14.6 Å². The van der Waals surface area contributed by atoms with Crippen molar-refractivity contribution in [3.05, 3.63) is 77.1 Å². The number of alkyl halides is 3. The Labute approximate surface area is 270 Å². The number of nitrogens with zero attached hydrogens (tertiary/aromatic N) is 3. The van der Waals surface area contributed by atoms with E-state index in [4.69, 9.17) is 9.47 Å². The third-order valence-electron chi connectivity index (χ3n) is 8.28. The first-order chi connectivity index (χ1) is 21.9. The fraction of sp³-hybridized carbons (Fsp3) is 0.485. The van der Waals surface area contributed by atoms with Crippen LogP contribution in [0.1, 0.15) is 65.2 Å². The number of unbranched alkanes of at least 4 members (excludes halogenated alkanes) is 1. The number of aliphatic imine (C=N–C) groups is 1. The molecule has 0 bridgehead atoms. The molecule has 4 rings (SSSR count). The lowest BCUT2D eigenvalue weighted by atomic mass is 9.89. The highest BCUT2D eigenvalue weighted by molar-refractivity contribution is 7.82. The second kappa shape index (κ2) is 15.3. The van der Waals surface area contributed by atoms with Gasteiger partial charge in [0.2, 0.25) is 0 Å². The minimum absolute atomic E-state index is 0.117. The Morgan fingerprint density at radius 3 is 2.59 bits per heavy atom. The third kappa shape index (κ3) is 8.35. The van der Waals surface area contributed by atoms with Gasteiger partial charge in [0.05, 0.1) is 36.0 Å². The Kier molecular flexibility index (Phi) is 11.7. The van der Waals surface area contributed by atoms with Crippen LogP contribution in [-0.4, -0.2) is 82.3 Å². The van der Waals surface area contributed by atoms with Crippen LogP contribution in [0.25, 0.3) is 0 Å². The molecule has 1 unspecified atom stereocenters. The van der Waals surface area contributed by atoms with Gasteiger partial charge in [-0.05, 0) is 68.0 Å². The minimum atomic E-state index is -4.58. The quantitative estimate of drug-likeness (QED) is 0.226. The van der Waals surface area contributed by atoms with Crippen LogP contribution in [-0.2, 0) is 33.1 Å². The van der Waals surface area contributed by atoms with E-state index in [9.17, 15) is 27.0 Å². The van der Waals surface area contributed by atoms with Gasteiger partial charge in [0.15, 0.2) is 0 Å². The van der Waals surface area contributed by atoms with Gasteiger partial charge in [-0.1, -0.05) is 32.1 Å². The number of likely N-dealkylation sites (N-methyl/N-ethyl adjacent to an activating group) is 1. The Morgan fingerprint density at radius 1 is 1.20 bits per heavy atom. The number of halogens is 3. The number of amidine groups is 1. The Balaban J connectivity index is 1.36. The van der Waals surface area contributed by atoms with Gasteiger partial charge in [-0.2, -0.15) is 13.2 Å². The van der Waals surface area contributed by atoms with Crippen LogP contribution in [0.2, 0.25) is 0 Å². The largest absolute Gasteiger partial charge is 0.500 e. The number of amides is 2. The van der Waals surface area contributed by atoms with Gasteiger partial charge >= 0.3 is 6.18 Å². The number of carbonyl (C=O) groups excluding carboxylic acids is 2. The predicted octanol–water partition coefficient (Wildman–Crippen LogP) is 5.04. The van der Waals surface area contributed by atoms with E-state index in [0.29, 0.717) is 68.8 Å². The third-order valence-corrected chi connectivity index (χ3v) is 9.77. The summed E-state index contributed by atoms with van der Waals surface area (Å²) in [7, 11) is 0.409. The van der Waals surface area contributed by atoms with E-state index in [1.54, 1.807) is 18.0 Å². The van der Waals surface area contributed by atoms with Crippen molar-refractivity contribution >= 4 is 28.6 Å². The van der Waals surface area contributed by atoms with Crippen LogP contribution in [0.4, 0.5) is 13.2 Å². The molecular weight excluding hydrogens is 621 g/mol. The molecule has 13 heteroatoms. The lowest BCUT2D eigenvalue weighted by Gasteiger charge is -2.34. The van der Waals surface area contributed by atoms with E-state index in [0.717, 1.165) is 23.6 Å². The summed E-state index contributed by atoms with van der Waals surface area (Å²) in [4.78, 5) is 32.1. The molecule has 9 nitrogen and oxygen atoms in total. The van der Waals surface area contributed by atoms with Crippen molar-refractivity contribution < 1.29 is 36.4 Å². The lowest BCUT2D eigenvalue weighted by Crippen LogP contribution is -2.49. The molecule has 2 amide bonds. The zero-order valence-corrected chi connectivity index (χ0v) is 27.3. The van der Waals surface area contributed by atoms with E-state index in [1.165, 1.54) is 18.4 Å². The van der Waals surface area contributed by atoms with Crippen molar-refractivity contribution in [2.24, 2.45) is 4.99 Å². The molecule has 250 valence electrons. The number of ether oxygens (including phenoxy) is 2. The average Bonchev–Trinajstić information content (AvgIpc) is 3.34. The van der Waals surface area contributed by atoms with E-state index >= 15 is 0 Å². The van der Waals surface area contributed by atoms with Crippen LogP contribution in [0.3, 0.4) is 0 Å². The maximum atomic E-state index is 13.6. The van der Waals surface area contributed by atoms with E-state index in [1.807, 2.05) is 30.3 Å². The lowest BCUT2D eigenvalue weighted by molar-refractivity contribution is -0.139. The molecule has 2 aromatic carbocycles. The maximum Gasteiger partial charge on any atom is 0.419 e. The van der Waals surface area contributed by atoms with Gasteiger partial charge in [-0.15, -0.1) is 0 Å². The molecule has 46 heavy (non-hydrogen) atoms. The number of hydrogen-bond acceptors (Lipinski definition) is 6. The normalized spacial score (nSPS) is 16.9. The molecule has 0 aliphatic carbocycles. The maximum absolute atomic E-state index is 13.6. The summed E-state index contributed by atoms with van der Waals surface area (Å²) in [6, 6.07) is 9.02. The molecule has 2 aliphatic rings.